The van der Waals surface area contributed by atoms with Crippen molar-refractivity contribution in [1.29, 1.82) is 0 Å². The Balaban J connectivity index is 1.99. The highest BCUT2D eigenvalue weighted by Gasteiger charge is 2.10. The number of methoxy groups -OCH3 is 1. The third kappa shape index (κ3) is 6.03. The smallest absolute Gasteiger partial charge is 0.262 e. The van der Waals surface area contributed by atoms with Gasteiger partial charge in [0, 0.05) is 6.07 Å². The quantitative estimate of drug-likeness (QED) is 0.693. The molecule has 1 amide bonds. The van der Waals surface area contributed by atoms with Crippen LogP contribution in [0.25, 0.3) is 0 Å². The lowest BCUT2D eigenvalue weighted by atomic mass is 10.2. The molecule has 0 unspecified atom stereocenters. The number of benzene rings is 2. The first-order chi connectivity index (χ1) is 12.1. The molecule has 0 spiro atoms. The normalized spacial score (nSPS) is 10.2. The van der Waals surface area contributed by atoms with Gasteiger partial charge in [0.25, 0.3) is 5.91 Å². The summed E-state index contributed by atoms with van der Waals surface area (Å²) in [5, 5.41) is 2.83. The van der Waals surface area contributed by atoms with Gasteiger partial charge in [0.1, 0.15) is 17.2 Å². The van der Waals surface area contributed by atoms with Crippen molar-refractivity contribution >= 4 is 11.6 Å². The predicted octanol–water partition coefficient (Wildman–Crippen LogP) is 4.20. The van der Waals surface area contributed by atoms with Gasteiger partial charge >= 0.3 is 0 Å². The lowest BCUT2D eigenvalue weighted by Crippen LogP contribution is -2.20. The number of amides is 1. The van der Waals surface area contributed by atoms with Crippen LogP contribution in [0.1, 0.15) is 25.3 Å². The van der Waals surface area contributed by atoms with Gasteiger partial charge in [0.2, 0.25) is 0 Å². The van der Waals surface area contributed by atoms with Crippen LogP contribution in [0, 0.1) is 6.92 Å². The number of hydrogen-bond donors (Lipinski definition) is 1. The summed E-state index contributed by atoms with van der Waals surface area (Å²) in [4.78, 5) is 12.2. The molecular weight excluding hydrogens is 318 g/mol. The van der Waals surface area contributed by atoms with Gasteiger partial charge in [-0.3, -0.25) is 4.79 Å². The summed E-state index contributed by atoms with van der Waals surface area (Å²) in [6.07, 6.45) is 2.00. The minimum Gasteiger partial charge on any atom is -0.497 e. The number of rotatable bonds is 9. The van der Waals surface area contributed by atoms with Crippen LogP contribution in [-0.2, 0) is 4.79 Å². The highest BCUT2D eigenvalue weighted by atomic mass is 16.5. The molecule has 0 atom stereocenters. The molecule has 2 aromatic rings. The molecule has 5 heteroatoms. The van der Waals surface area contributed by atoms with Crippen molar-refractivity contribution in [3.8, 4) is 17.2 Å². The summed E-state index contributed by atoms with van der Waals surface area (Å²) in [5.41, 5.74) is 1.66. The number of ether oxygens (including phenoxy) is 3. The van der Waals surface area contributed by atoms with Gasteiger partial charge in [-0.15, -0.1) is 0 Å². The maximum absolute atomic E-state index is 12.2. The highest BCUT2D eigenvalue weighted by molar-refractivity contribution is 5.93. The summed E-state index contributed by atoms with van der Waals surface area (Å²) in [6.45, 7) is 4.60. The average molecular weight is 343 g/mol. The van der Waals surface area contributed by atoms with Crippen LogP contribution in [0.15, 0.2) is 42.5 Å². The molecule has 0 aliphatic heterocycles. The molecule has 25 heavy (non-hydrogen) atoms. The highest BCUT2D eigenvalue weighted by Crippen LogP contribution is 2.29. The fourth-order valence-electron chi connectivity index (χ4n) is 2.23. The molecule has 2 aromatic carbocycles. The largest absolute Gasteiger partial charge is 0.497 e. The molecule has 5 nitrogen and oxygen atoms in total. The fourth-order valence-corrected chi connectivity index (χ4v) is 2.23. The van der Waals surface area contributed by atoms with Gasteiger partial charge in [-0.25, -0.2) is 0 Å². The topological polar surface area (TPSA) is 56.8 Å². The SMILES string of the molecule is CCCCOc1ccc(OC)cc1NC(=O)COc1cccc(C)c1. The molecule has 0 radical (unpaired) electrons. The van der Waals surface area contributed by atoms with E-state index < -0.39 is 0 Å². The lowest BCUT2D eigenvalue weighted by molar-refractivity contribution is -0.118. The second-order valence-electron chi connectivity index (χ2n) is 5.72. The van der Waals surface area contributed by atoms with Gasteiger partial charge in [-0.05, 0) is 43.2 Å². The van der Waals surface area contributed by atoms with Crippen molar-refractivity contribution in [3.63, 3.8) is 0 Å². The molecular formula is C20H25NO4. The molecule has 0 aliphatic rings. The van der Waals surface area contributed by atoms with Crippen LogP contribution in [0.5, 0.6) is 17.2 Å². The van der Waals surface area contributed by atoms with Crippen molar-refractivity contribution in [2.45, 2.75) is 26.7 Å². The lowest BCUT2D eigenvalue weighted by Gasteiger charge is -2.14. The molecule has 0 fully saturated rings. The zero-order chi connectivity index (χ0) is 18.1. The Bertz CT molecular complexity index is 700. The fraction of sp³-hybridized carbons (Fsp3) is 0.350. The minimum atomic E-state index is -0.255. The Morgan fingerprint density at radius 2 is 1.92 bits per heavy atom. The van der Waals surface area contributed by atoms with E-state index in [2.05, 4.69) is 12.2 Å². The summed E-state index contributed by atoms with van der Waals surface area (Å²) < 4.78 is 16.5. The summed E-state index contributed by atoms with van der Waals surface area (Å²) in [7, 11) is 1.58. The molecule has 0 aromatic heterocycles. The van der Waals surface area contributed by atoms with Crippen molar-refractivity contribution in [1.82, 2.24) is 0 Å². The summed E-state index contributed by atoms with van der Waals surface area (Å²) in [5.74, 6) is 1.69. The van der Waals surface area contributed by atoms with Crippen LogP contribution in [0.4, 0.5) is 5.69 Å². The van der Waals surface area contributed by atoms with Crippen molar-refractivity contribution in [2.75, 3.05) is 25.6 Å². The Kier molecular flexibility index (Phi) is 7.14. The van der Waals surface area contributed by atoms with Gasteiger partial charge in [0.15, 0.2) is 6.61 Å². The predicted molar refractivity (Wildman–Crippen MR) is 98.7 cm³/mol. The number of aryl methyl sites for hydroxylation is 1. The second kappa shape index (κ2) is 9.57. The Hall–Kier alpha value is -2.69. The Morgan fingerprint density at radius 1 is 1.08 bits per heavy atom. The molecule has 0 saturated carbocycles. The molecule has 0 saturated heterocycles. The van der Waals surface area contributed by atoms with Crippen molar-refractivity contribution in [3.05, 3.63) is 48.0 Å². The molecule has 0 aliphatic carbocycles. The standard InChI is InChI=1S/C20H25NO4/c1-4-5-11-24-19-10-9-16(23-3)13-18(19)21-20(22)14-25-17-8-6-7-15(2)12-17/h6-10,12-13H,4-5,11,14H2,1-3H3,(H,21,22). The number of unbranched alkanes of at least 4 members (excludes halogenated alkanes) is 1. The van der Waals surface area contributed by atoms with Crippen LogP contribution in [0.2, 0.25) is 0 Å². The van der Waals surface area contributed by atoms with Crippen LogP contribution >= 0.6 is 0 Å². The van der Waals surface area contributed by atoms with Gasteiger partial charge < -0.3 is 19.5 Å². The Labute approximate surface area is 148 Å². The van der Waals surface area contributed by atoms with E-state index in [9.17, 15) is 4.79 Å². The molecule has 1 N–H and O–H groups in total. The van der Waals surface area contributed by atoms with E-state index in [4.69, 9.17) is 14.2 Å². The van der Waals surface area contributed by atoms with Gasteiger partial charge in [0.05, 0.1) is 19.4 Å². The van der Waals surface area contributed by atoms with E-state index in [1.54, 1.807) is 25.3 Å². The zero-order valence-electron chi connectivity index (χ0n) is 15.0. The number of anilines is 1. The van der Waals surface area contributed by atoms with Crippen molar-refractivity contribution in [2.24, 2.45) is 0 Å². The molecule has 2 rings (SSSR count). The van der Waals surface area contributed by atoms with Crippen LogP contribution in [0.3, 0.4) is 0 Å². The van der Waals surface area contributed by atoms with E-state index in [-0.39, 0.29) is 12.5 Å². The first-order valence-electron chi connectivity index (χ1n) is 8.42. The average Bonchev–Trinajstić information content (AvgIpc) is 2.61. The second-order valence-corrected chi connectivity index (χ2v) is 5.72. The maximum atomic E-state index is 12.2. The van der Waals surface area contributed by atoms with E-state index in [0.717, 1.165) is 18.4 Å². The number of nitrogens with one attached hydrogen (secondary N) is 1. The van der Waals surface area contributed by atoms with E-state index in [0.29, 0.717) is 29.5 Å². The Morgan fingerprint density at radius 3 is 2.64 bits per heavy atom. The number of carbonyl (C=O) groups excluding carboxylic acids is 1. The van der Waals surface area contributed by atoms with Gasteiger partial charge in [-0.1, -0.05) is 25.5 Å². The molecule has 0 heterocycles. The number of carbonyl (C=O) groups is 1. The first kappa shape index (κ1) is 18.6. The van der Waals surface area contributed by atoms with Crippen LogP contribution in [-0.4, -0.2) is 26.2 Å². The van der Waals surface area contributed by atoms with E-state index in [1.807, 2.05) is 31.2 Å². The summed E-state index contributed by atoms with van der Waals surface area (Å²) >= 11 is 0. The molecule has 134 valence electrons. The monoisotopic (exact) mass is 343 g/mol. The molecule has 0 bridgehead atoms. The third-order valence-corrected chi connectivity index (χ3v) is 3.58. The maximum Gasteiger partial charge on any atom is 0.262 e. The van der Waals surface area contributed by atoms with E-state index >= 15 is 0 Å². The van der Waals surface area contributed by atoms with Crippen LogP contribution < -0.4 is 19.5 Å². The van der Waals surface area contributed by atoms with Gasteiger partial charge in [-0.2, -0.15) is 0 Å². The number of hydrogen-bond acceptors (Lipinski definition) is 4. The zero-order valence-corrected chi connectivity index (χ0v) is 15.0. The first-order valence-corrected chi connectivity index (χ1v) is 8.42. The third-order valence-electron chi connectivity index (χ3n) is 3.58. The van der Waals surface area contributed by atoms with E-state index in [1.165, 1.54) is 0 Å². The summed E-state index contributed by atoms with van der Waals surface area (Å²) in [6, 6.07) is 12.9. The van der Waals surface area contributed by atoms with Crippen molar-refractivity contribution < 1.29 is 19.0 Å². The minimum absolute atomic E-state index is 0.0743.